The van der Waals surface area contributed by atoms with Gasteiger partial charge in [0.2, 0.25) is 100 Å². The summed E-state index contributed by atoms with van der Waals surface area (Å²) in [6.45, 7) is 4.51. The molecule has 6 heterocycles. The van der Waals surface area contributed by atoms with Gasteiger partial charge in [0.1, 0.15) is 97.1 Å². The maximum Gasteiger partial charge on any atom is 0.323 e. The molecule has 9 rings (SSSR count). The molecular formula is C91H127N21O24. The number of unbranched alkanes of at least 4 members (excludes halogenated alkanes) is 2. The maximum atomic E-state index is 15.9. The van der Waals surface area contributed by atoms with Gasteiger partial charge in [0.15, 0.2) is 0 Å². The second-order valence-corrected chi connectivity index (χ2v) is 35.5. The number of rotatable bonds is 26. The molecule has 0 spiro atoms. The lowest BCUT2D eigenvalue weighted by Gasteiger charge is -2.38. The zero-order chi connectivity index (χ0) is 99.6. The number of H-pyrrole nitrogens is 1. The number of aliphatic carboxylic acids is 2. The van der Waals surface area contributed by atoms with Gasteiger partial charge in [-0.15, -0.1) is 0 Å². The van der Waals surface area contributed by atoms with Gasteiger partial charge in [-0.05, 0) is 105 Å². The number of nitrogens with one attached hydrogen (secondary N) is 11. The SMILES string of the molecule is CCCC[C@H]1C(=O)N(C)[C@@H](CCCC)C(=O)N[C@@H](CC(C)C)C(O)N[C@H](C(N)=O)CNCC(=O)N[C@@H](Cc2ccc(O)cc2)C(=O)N2CCCC[C@H]2C(=O)N[C@@H](CC(N)=O)C(=O)N2CCC[C@H]2C(=O)N[C@@H](CCC(N)=O)C(=O)NC(CC(=O)O)C(=O)N2C[C@H](O)C[C@H]2C(=O)N[C@@H](Cc2c[nH]c3ccccc23)C(=O)N[C@@H](CC(N)=O)C(=O)N[C@@H](Cc2cn(CC(=O)O)c3ccccc23)C(=O)N1C. The fourth-order valence-electron chi connectivity index (χ4n) is 17.8. The number of carboxylic acid groups (broad SMARTS) is 2. The molecular weight excluding hydrogens is 1770 g/mol. The number of amides is 17. The molecule has 4 saturated heterocycles. The Labute approximate surface area is 783 Å². The van der Waals surface area contributed by atoms with Gasteiger partial charge in [0.05, 0.1) is 38.0 Å². The van der Waals surface area contributed by atoms with Crippen molar-refractivity contribution in [3.63, 3.8) is 0 Å². The Bertz CT molecular complexity index is 5200. The number of aliphatic hydroxyl groups is 2. The zero-order valence-electron chi connectivity index (χ0n) is 77.0. The normalized spacial score (nSPS) is 25.7. The number of phenolic OH excluding ortho intramolecular Hbond substituents is 1. The summed E-state index contributed by atoms with van der Waals surface area (Å²) in [6, 6.07) is -4.50. The van der Waals surface area contributed by atoms with E-state index in [1.807, 2.05) is 13.8 Å². The number of hydrogen-bond donors (Lipinski definition) is 20. The number of carboxylic acids is 2. The molecule has 45 heteroatoms. The van der Waals surface area contributed by atoms with Crippen molar-refractivity contribution in [2.45, 2.75) is 266 Å². The number of carbonyl (C=O) groups is 19. The molecule has 2 aromatic heterocycles. The van der Waals surface area contributed by atoms with Gasteiger partial charge >= 0.3 is 11.9 Å². The van der Waals surface area contributed by atoms with Crippen molar-refractivity contribution in [2.24, 2.45) is 28.9 Å². The van der Waals surface area contributed by atoms with Gasteiger partial charge in [-0.25, -0.2) is 0 Å². The monoisotopic (exact) mass is 1900 g/mol. The number of aromatic amines is 1. The van der Waals surface area contributed by atoms with Crippen LogP contribution in [0.25, 0.3) is 21.8 Å². The van der Waals surface area contributed by atoms with Crippen LogP contribution in [0, 0.1) is 5.92 Å². The summed E-state index contributed by atoms with van der Waals surface area (Å²) in [5, 5.41) is 81.3. The summed E-state index contributed by atoms with van der Waals surface area (Å²) >= 11 is 0. The number of para-hydroxylation sites is 2. The van der Waals surface area contributed by atoms with Crippen molar-refractivity contribution in [1.82, 2.24) is 87.2 Å². The largest absolute Gasteiger partial charge is 0.508 e. The van der Waals surface area contributed by atoms with Gasteiger partial charge in [-0.3, -0.25) is 96.4 Å². The van der Waals surface area contributed by atoms with Crippen LogP contribution < -0.4 is 76.1 Å². The molecule has 45 nitrogen and oxygen atoms in total. The Hall–Kier alpha value is -13.7. The van der Waals surface area contributed by atoms with E-state index in [1.54, 1.807) is 62.4 Å². The van der Waals surface area contributed by atoms with Gasteiger partial charge in [0, 0.05) is 107 Å². The molecule has 16 atom stereocenters. The number of carbonyl (C=O) groups excluding carboxylic acids is 17. The number of nitrogens with zero attached hydrogens (tertiary/aromatic N) is 6. The predicted molar refractivity (Wildman–Crippen MR) is 488 cm³/mol. The molecule has 4 fully saturated rings. The van der Waals surface area contributed by atoms with Crippen molar-refractivity contribution < 1.29 is 117 Å². The molecule has 3 aromatic carbocycles. The van der Waals surface area contributed by atoms with Gasteiger partial charge in [-0.2, -0.15) is 0 Å². The molecule has 136 heavy (non-hydrogen) atoms. The van der Waals surface area contributed by atoms with Gasteiger partial charge in [0.25, 0.3) is 0 Å². The van der Waals surface area contributed by atoms with E-state index in [4.69, 9.17) is 22.9 Å². The predicted octanol–water partition coefficient (Wildman–Crippen LogP) is -3.91. The number of benzene rings is 3. The third kappa shape index (κ3) is 28.9. The molecule has 0 radical (unpaired) electrons. The molecule has 17 amide bonds. The van der Waals surface area contributed by atoms with Gasteiger partial charge in [-0.1, -0.05) is 102 Å². The van der Waals surface area contributed by atoms with Crippen LogP contribution in [-0.4, -0.2) is 316 Å². The minimum Gasteiger partial charge on any atom is -0.508 e. The molecule has 4 aliphatic heterocycles. The Morgan fingerprint density at radius 1 is 0.500 bits per heavy atom. The van der Waals surface area contributed by atoms with E-state index in [-0.39, 0.29) is 81.7 Å². The fraction of sp³-hybridized carbons (Fsp3) is 0.549. The molecule has 740 valence electrons. The Kier molecular flexibility index (Phi) is 38.6. The van der Waals surface area contributed by atoms with Crippen molar-refractivity contribution in [3.8, 4) is 5.75 Å². The van der Waals surface area contributed by atoms with E-state index in [2.05, 4.69) is 58.2 Å². The second kappa shape index (κ2) is 49.5. The second-order valence-electron chi connectivity index (χ2n) is 35.5. The quantitative estimate of drug-likeness (QED) is 0.0252. The average molecular weight is 1900 g/mol. The number of aromatic nitrogens is 2. The minimum absolute atomic E-state index is 0.00830. The van der Waals surface area contributed by atoms with E-state index < -0.39 is 287 Å². The standard InChI is InChI=1S/C91H127N21O24/c1-7-9-21-67-83(128)101-58(34-48(3)4)80(125)106-65(78(95)123)43-96-44-75(118)98-61(35-49-26-28-52(113)29-27-49)88(133)110-32-16-15-24-68(110)85(130)105-63(40-74(94)117)89(134)111-33-17-25-69(111)84(129)99-57(30-31-72(92)115)79(124)104-64(41-76(119)120)90(135)112-46-53(114)38-71(112)86(131)102-59(36-50-42-97-56-20-13-11-18-54(50)56)81(126)100-60(39-73(93)116)82(127)103-62(87(132)108(6)70(22-10-8-2)91(136)107(67)5)37-51-45-109(47-77(121)122)66-23-14-12-19-55(51)66/h11-14,18-20,23,26-29,42,45,48,53,57-65,67-71,80,96-97,106,113-114,125H,7-10,15-17,21-22,24-25,30-41,43-44,46-47H2,1-6H3,(H2,92,115)(H2,93,116)(H2,94,117)(H2,95,123)(H,98,118)(H,99,129)(H,100,126)(H,101,128)(H,102,131)(H,103,127)(H,104,124)(H,105,130)(H,119,120)(H,121,122)/t53-,57+,58+,59+,60+,61+,62+,63+,64?,65+,67+,68+,69+,70+,71+,80?/m1/s1. The number of aliphatic hydroxyl groups excluding tert-OH is 2. The van der Waals surface area contributed by atoms with Crippen LogP contribution in [0.15, 0.2) is 85.2 Å². The Morgan fingerprint density at radius 3 is 1.66 bits per heavy atom. The van der Waals surface area contributed by atoms with Crippen molar-refractivity contribution in [3.05, 3.63) is 102 Å². The van der Waals surface area contributed by atoms with Crippen LogP contribution in [0.5, 0.6) is 5.75 Å². The lowest BCUT2D eigenvalue weighted by molar-refractivity contribution is -0.149. The Morgan fingerprint density at radius 2 is 1.03 bits per heavy atom. The number of piperidine rings is 1. The number of phenols is 1. The summed E-state index contributed by atoms with van der Waals surface area (Å²) in [5.41, 5.74) is 25.0. The first-order valence-electron chi connectivity index (χ1n) is 45.7. The number of primary amides is 4. The first-order valence-corrected chi connectivity index (χ1v) is 45.7. The topological polar surface area (TPSA) is 687 Å². The maximum absolute atomic E-state index is 15.9. The minimum atomic E-state index is -2.17. The highest BCUT2D eigenvalue weighted by atomic mass is 16.4. The lowest BCUT2D eigenvalue weighted by Crippen LogP contribution is -2.62. The average Bonchev–Trinajstić information content (AvgIpc) is 1.64. The molecule has 0 aliphatic carbocycles. The molecule has 0 bridgehead atoms. The number of nitrogens with two attached hydrogens (primary N) is 4. The third-order valence-electron chi connectivity index (χ3n) is 24.8. The van der Waals surface area contributed by atoms with Crippen LogP contribution in [0.3, 0.4) is 0 Å². The molecule has 2 unspecified atom stereocenters. The number of aromatic hydroxyl groups is 1. The van der Waals surface area contributed by atoms with Crippen molar-refractivity contribution in [2.75, 3.05) is 46.8 Å². The summed E-state index contributed by atoms with van der Waals surface area (Å²) in [4.78, 5) is 282. The molecule has 5 aromatic rings. The highest BCUT2D eigenvalue weighted by Crippen LogP contribution is 2.30. The highest BCUT2D eigenvalue weighted by molar-refractivity contribution is 6.03. The lowest BCUT2D eigenvalue weighted by atomic mass is 9.97. The highest BCUT2D eigenvalue weighted by Gasteiger charge is 2.48. The van der Waals surface area contributed by atoms with E-state index in [0.717, 1.165) is 19.6 Å². The first kappa shape index (κ1) is 106. The zero-order valence-corrected chi connectivity index (χ0v) is 77.0. The summed E-state index contributed by atoms with van der Waals surface area (Å²) < 4.78 is 1.38. The summed E-state index contributed by atoms with van der Waals surface area (Å²) in [6.07, 6.45) is -4.46. The van der Waals surface area contributed by atoms with Crippen LogP contribution in [0.2, 0.25) is 0 Å². The summed E-state index contributed by atoms with van der Waals surface area (Å²) in [7, 11) is 2.62. The molecule has 24 N–H and O–H groups in total. The van der Waals surface area contributed by atoms with E-state index in [9.17, 15) is 78.3 Å². The van der Waals surface area contributed by atoms with Crippen LogP contribution in [-0.2, 0) is 117 Å². The molecule has 0 saturated carbocycles. The van der Waals surface area contributed by atoms with Gasteiger partial charge < -0.3 is 130 Å². The van der Waals surface area contributed by atoms with Crippen LogP contribution >= 0.6 is 0 Å². The fourth-order valence-corrected chi connectivity index (χ4v) is 17.8. The smallest absolute Gasteiger partial charge is 0.323 e. The number of fused-ring (bicyclic) bond motifs is 5. The summed E-state index contributed by atoms with van der Waals surface area (Å²) in [5.74, 6) is -21.4. The van der Waals surface area contributed by atoms with Crippen LogP contribution in [0.1, 0.15) is 160 Å². The van der Waals surface area contributed by atoms with E-state index in [0.29, 0.717) is 65.0 Å². The Balaban J connectivity index is 1.12. The number of hydrogen-bond acceptors (Lipinski definition) is 24. The van der Waals surface area contributed by atoms with E-state index in [1.165, 1.54) is 60.2 Å². The van der Waals surface area contributed by atoms with Crippen molar-refractivity contribution in [1.29, 1.82) is 0 Å². The van der Waals surface area contributed by atoms with Crippen LogP contribution in [0.4, 0.5) is 0 Å². The third-order valence-corrected chi connectivity index (χ3v) is 24.8. The molecule has 4 aliphatic rings. The number of likely N-dealkylation sites (N-methyl/N-ethyl adjacent to an activating group) is 2. The van der Waals surface area contributed by atoms with Crippen molar-refractivity contribution >= 4 is 134 Å². The van der Waals surface area contributed by atoms with E-state index >= 15 is 38.4 Å². The first-order chi connectivity index (χ1) is 64.6.